The molecule has 0 aliphatic carbocycles. The van der Waals surface area contributed by atoms with Gasteiger partial charge in [-0.05, 0) is 31.5 Å². The van der Waals surface area contributed by atoms with Crippen molar-refractivity contribution in [2.45, 2.75) is 20.5 Å². The Morgan fingerprint density at radius 3 is 2.29 bits per heavy atom. The van der Waals surface area contributed by atoms with Crippen LogP contribution in [0.4, 0.5) is 0 Å². The van der Waals surface area contributed by atoms with Crippen LogP contribution < -0.4 is 0 Å². The molecule has 0 N–H and O–H groups in total. The molecule has 112 valence electrons. The molecule has 1 aromatic heterocycles. The minimum Gasteiger partial charge on any atom is -0.457 e. The Kier molecular flexibility index (Phi) is 8.48. The van der Waals surface area contributed by atoms with Gasteiger partial charge in [0.2, 0.25) is 0 Å². The minimum absolute atomic E-state index is 0.286. The van der Waals surface area contributed by atoms with Gasteiger partial charge in [0.15, 0.2) is 0 Å². The van der Waals surface area contributed by atoms with Crippen molar-refractivity contribution >= 4 is 5.97 Å². The molecule has 0 fully saturated rings. The SMILES string of the molecule is CCOCC.O=C(OCc1ccccc1)c1cccnc1. The van der Waals surface area contributed by atoms with Gasteiger partial charge in [-0.3, -0.25) is 4.98 Å². The summed E-state index contributed by atoms with van der Waals surface area (Å²) in [5.74, 6) is -0.350. The van der Waals surface area contributed by atoms with Gasteiger partial charge in [-0.1, -0.05) is 30.3 Å². The Balaban J connectivity index is 0.000000383. The fourth-order valence-electron chi connectivity index (χ4n) is 1.49. The molecule has 0 amide bonds. The van der Waals surface area contributed by atoms with E-state index in [-0.39, 0.29) is 12.6 Å². The van der Waals surface area contributed by atoms with E-state index in [4.69, 9.17) is 9.47 Å². The maximum atomic E-state index is 11.6. The number of nitrogens with zero attached hydrogens (tertiary/aromatic N) is 1. The van der Waals surface area contributed by atoms with Gasteiger partial charge in [0, 0.05) is 25.6 Å². The van der Waals surface area contributed by atoms with Crippen LogP contribution in [0.3, 0.4) is 0 Å². The predicted octanol–water partition coefficient (Wildman–Crippen LogP) is 3.48. The molecule has 21 heavy (non-hydrogen) atoms. The summed E-state index contributed by atoms with van der Waals surface area (Å²) in [5, 5.41) is 0. The first-order chi connectivity index (χ1) is 10.3. The third-order valence-electron chi connectivity index (χ3n) is 2.52. The highest BCUT2D eigenvalue weighted by atomic mass is 16.5. The molecule has 2 aromatic rings. The zero-order valence-corrected chi connectivity index (χ0v) is 12.5. The Bertz CT molecular complexity index is 498. The van der Waals surface area contributed by atoms with Gasteiger partial charge < -0.3 is 9.47 Å². The van der Waals surface area contributed by atoms with Crippen LogP contribution in [0.2, 0.25) is 0 Å². The van der Waals surface area contributed by atoms with Crippen LogP contribution in [0.5, 0.6) is 0 Å². The van der Waals surface area contributed by atoms with E-state index in [2.05, 4.69) is 4.98 Å². The van der Waals surface area contributed by atoms with Crippen LogP contribution in [-0.4, -0.2) is 24.2 Å². The maximum absolute atomic E-state index is 11.6. The lowest BCUT2D eigenvalue weighted by Gasteiger charge is -2.03. The number of hydrogen-bond donors (Lipinski definition) is 0. The maximum Gasteiger partial charge on any atom is 0.340 e. The van der Waals surface area contributed by atoms with Gasteiger partial charge in [0.05, 0.1) is 5.56 Å². The monoisotopic (exact) mass is 287 g/mol. The lowest BCUT2D eigenvalue weighted by atomic mass is 10.2. The second kappa shape index (κ2) is 10.6. The lowest BCUT2D eigenvalue weighted by Crippen LogP contribution is -2.05. The van der Waals surface area contributed by atoms with Crippen LogP contribution in [0, 0.1) is 0 Å². The smallest absolute Gasteiger partial charge is 0.340 e. The summed E-state index contributed by atoms with van der Waals surface area (Å²) in [4.78, 5) is 15.4. The van der Waals surface area contributed by atoms with Gasteiger partial charge in [0.1, 0.15) is 6.61 Å². The number of benzene rings is 1. The van der Waals surface area contributed by atoms with Crippen molar-refractivity contribution in [1.29, 1.82) is 0 Å². The van der Waals surface area contributed by atoms with Gasteiger partial charge in [-0.25, -0.2) is 4.79 Å². The summed E-state index contributed by atoms with van der Waals surface area (Å²) < 4.78 is 9.97. The van der Waals surface area contributed by atoms with Crippen molar-refractivity contribution < 1.29 is 14.3 Å². The standard InChI is InChI=1S/C13H11NO2.C4H10O/c15-13(12-7-4-8-14-9-12)16-10-11-5-2-1-3-6-11;1-3-5-4-2/h1-9H,10H2;3-4H2,1-2H3. The van der Waals surface area contributed by atoms with E-state index < -0.39 is 0 Å². The average molecular weight is 287 g/mol. The summed E-state index contributed by atoms with van der Waals surface area (Å²) in [6.07, 6.45) is 3.11. The molecule has 0 aliphatic heterocycles. The third-order valence-corrected chi connectivity index (χ3v) is 2.52. The minimum atomic E-state index is -0.350. The van der Waals surface area contributed by atoms with E-state index in [0.29, 0.717) is 5.56 Å². The van der Waals surface area contributed by atoms with Gasteiger partial charge in [-0.2, -0.15) is 0 Å². The first kappa shape index (κ1) is 16.9. The second-order valence-electron chi connectivity index (χ2n) is 4.08. The van der Waals surface area contributed by atoms with Crippen molar-refractivity contribution in [2.24, 2.45) is 0 Å². The van der Waals surface area contributed by atoms with Crippen LogP contribution in [-0.2, 0) is 16.1 Å². The van der Waals surface area contributed by atoms with Crippen molar-refractivity contribution in [2.75, 3.05) is 13.2 Å². The van der Waals surface area contributed by atoms with Gasteiger partial charge in [-0.15, -0.1) is 0 Å². The van der Waals surface area contributed by atoms with Crippen molar-refractivity contribution in [1.82, 2.24) is 4.98 Å². The molecule has 4 nitrogen and oxygen atoms in total. The topological polar surface area (TPSA) is 48.4 Å². The molecule has 0 aliphatic rings. The molecule has 0 unspecified atom stereocenters. The Morgan fingerprint density at radius 1 is 1.05 bits per heavy atom. The number of carbonyl (C=O) groups is 1. The zero-order chi connectivity index (χ0) is 15.3. The summed E-state index contributed by atoms with van der Waals surface area (Å²) in [5.41, 5.74) is 1.44. The van der Waals surface area contributed by atoms with Crippen LogP contribution in [0.15, 0.2) is 54.9 Å². The van der Waals surface area contributed by atoms with Gasteiger partial charge in [0.25, 0.3) is 0 Å². The largest absolute Gasteiger partial charge is 0.457 e. The van der Waals surface area contributed by atoms with Gasteiger partial charge >= 0.3 is 5.97 Å². The number of carbonyl (C=O) groups excluding carboxylic acids is 1. The highest BCUT2D eigenvalue weighted by Crippen LogP contribution is 2.04. The second-order valence-corrected chi connectivity index (χ2v) is 4.08. The number of ether oxygens (including phenoxy) is 2. The van der Waals surface area contributed by atoms with Crippen LogP contribution in [0.25, 0.3) is 0 Å². The molecule has 0 saturated carbocycles. The summed E-state index contributed by atoms with van der Waals surface area (Å²) >= 11 is 0. The number of rotatable bonds is 5. The molecule has 0 radical (unpaired) electrons. The highest BCUT2D eigenvalue weighted by molar-refractivity contribution is 5.88. The quantitative estimate of drug-likeness (QED) is 0.790. The summed E-state index contributed by atoms with van der Waals surface area (Å²) in [6.45, 7) is 5.95. The number of aromatic nitrogens is 1. The van der Waals surface area contributed by atoms with Crippen molar-refractivity contribution in [3.63, 3.8) is 0 Å². The predicted molar refractivity (Wildman–Crippen MR) is 82.0 cm³/mol. The molecular weight excluding hydrogens is 266 g/mol. The van der Waals surface area contributed by atoms with E-state index >= 15 is 0 Å². The fraction of sp³-hybridized carbons (Fsp3) is 0.294. The Hall–Kier alpha value is -2.20. The molecule has 0 atom stereocenters. The number of hydrogen-bond acceptors (Lipinski definition) is 4. The summed E-state index contributed by atoms with van der Waals surface area (Å²) in [6, 6.07) is 13.0. The molecule has 2 rings (SSSR count). The number of pyridine rings is 1. The fourth-order valence-corrected chi connectivity index (χ4v) is 1.49. The van der Waals surface area contributed by atoms with E-state index in [0.717, 1.165) is 18.8 Å². The first-order valence-electron chi connectivity index (χ1n) is 6.96. The third kappa shape index (κ3) is 7.22. The molecule has 1 heterocycles. The van der Waals surface area contributed by atoms with E-state index in [1.54, 1.807) is 18.3 Å². The first-order valence-corrected chi connectivity index (χ1v) is 6.96. The van der Waals surface area contributed by atoms with E-state index in [1.807, 2.05) is 44.2 Å². The van der Waals surface area contributed by atoms with Crippen LogP contribution in [0.1, 0.15) is 29.8 Å². The Morgan fingerprint density at radius 2 is 1.76 bits per heavy atom. The summed E-state index contributed by atoms with van der Waals surface area (Å²) in [7, 11) is 0. The molecule has 1 aromatic carbocycles. The Labute approximate surface area is 125 Å². The molecule has 0 spiro atoms. The normalized spacial score (nSPS) is 9.43. The molecule has 4 heteroatoms. The average Bonchev–Trinajstić information content (AvgIpc) is 2.56. The number of esters is 1. The lowest BCUT2D eigenvalue weighted by molar-refractivity contribution is 0.0472. The van der Waals surface area contributed by atoms with Crippen molar-refractivity contribution in [3.8, 4) is 0 Å². The van der Waals surface area contributed by atoms with Crippen LogP contribution >= 0.6 is 0 Å². The van der Waals surface area contributed by atoms with E-state index in [1.165, 1.54) is 6.20 Å². The highest BCUT2D eigenvalue weighted by Gasteiger charge is 2.06. The molecule has 0 saturated heterocycles. The molecular formula is C17H21NO3. The van der Waals surface area contributed by atoms with E-state index in [9.17, 15) is 4.79 Å². The van der Waals surface area contributed by atoms with Crippen molar-refractivity contribution in [3.05, 3.63) is 66.0 Å². The zero-order valence-electron chi connectivity index (χ0n) is 12.5. The molecule has 0 bridgehead atoms.